The fourth-order valence-electron chi connectivity index (χ4n) is 2.61. The van der Waals surface area contributed by atoms with Gasteiger partial charge in [-0.2, -0.15) is 0 Å². The maximum absolute atomic E-state index is 5.94. The van der Waals surface area contributed by atoms with Gasteiger partial charge >= 0.3 is 0 Å². The summed E-state index contributed by atoms with van der Waals surface area (Å²) < 4.78 is 0. The third-order valence-corrected chi connectivity index (χ3v) is 4.04. The zero-order valence-corrected chi connectivity index (χ0v) is 12.6. The van der Waals surface area contributed by atoms with Gasteiger partial charge in [-0.15, -0.1) is 0 Å². The Kier molecular flexibility index (Phi) is 7.38. The Balaban J connectivity index is 2.67. The molecule has 0 aliphatic rings. The summed E-state index contributed by atoms with van der Waals surface area (Å²) in [4.78, 5) is 0. The van der Waals surface area contributed by atoms with Crippen molar-refractivity contribution in [3.05, 3.63) is 34.9 Å². The molecule has 1 aromatic carbocycles. The van der Waals surface area contributed by atoms with Crippen LogP contribution in [0.1, 0.15) is 39.2 Å². The molecule has 0 fully saturated rings. The summed E-state index contributed by atoms with van der Waals surface area (Å²) in [5.41, 5.74) is 1.40. The molecule has 0 aliphatic heterocycles. The van der Waals surface area contributed by atoms with Crippen molar-refractivity contribution in [2.24, 2.45) is 11.8 Å². The van der Waals surface area contributed by atoms with Crippen molar-refractivity contribution < 1.29 is 0 Å². The van der Waals surface area contributed by atoms with Gasteiger partial charge in [0.1, 0.15) is 0 Å². The second kappa shape index (κ2) is 8.55. The molecule has 18 heavy (non-hydrogen) atoms. The molecular weight excluding hydrogens is 242 g/mol. The van der Waals surface area contributed by atoms with Crippen LogP contribution in [0.25, 0.3) is 0 Å². The standard InChI is InChI=1S/C16H26ClN/c1-4-14(5-2)15(12-18-6-3)11-13-7-9-16(17)10-8-13/h7-10,14-15,18H,4-6,11-12H2,1-3H3. The molecule has 1 unspecified atom stereocenters. The van der Waals surface area contributed by atoms with E-state index in [-0.39, 0.29) is 0 Å². The number of hydrogen-bond acceptors (Lipinski definition) is 1. The average molecular weight is 268 g/mol. The van der Waals surface area contributed by atoms with E-state index in [0.29, 0.717) is 0 Å². The van der Waals surface area contributed by atoms with Crippen molar-refractivity contribution in [2.75, 3.05) is 13.1 Å². The monoisotopic (exact) mass is 267 g/mol. The summed E-state index contributed by atoms with van der Waals surface area (Å²) in [6.45, 7) is 8.94. The first kappa shape index (κ1) is 15.5. The van der Waals surface area contributed by atoms with E-state index >= 15 is 0 Å². The number of hydrogen-bond donors (Lipinski definition) is 1. The molecule has 0 aromatic heterocycles. The first-order chi connectivity index (χ1) is 8.71. The number of benzene rings is 1. The quantitative estimate of drug-likeness (QED) is 0.729. The molecule has 2 heteroatoms. The van der Waals surface area contributed by atoms with Crippen LogP contribution in [0.4, 0.5) is 0 Å². The van der Waals surface area contributed by atoms with Gasteiger partial charge in [0.25, 0.3) is 0 Å². The minimum atomic E-state index is 0.723. The highest BCUT2D eigenvalue weighted by atomic mass is 35.5. The van der Waals surface area contributed by atoms with Gasteiger partial charge in [-0.1, -0.05) is 57.3 Å². The second-order valence-corrected chi connectivity index (χ2v) is 5.41. The van der Waals surface area contributed by atoms with E-state index in [1.165, 1.54) is 18.4 Å². The Morgan fingerprint density at radius 1 is 1.00 bits per heavy atom. The Morgan fingerprint density at radius 2 is 1.61 bits per heavy atom. The van der Waals surface area contributed by atoms with Crippen LogP contribution in [-0.2, 0) is 6.42 Å². The van der Waals surface area contributed by atoms with E-state index in [1.54, 1.807) is 0 Å². The Morgan fingerprint density at radius 3 is 2.11 bits per heavy atom. The summed E-state index contributed by atoms with van der Waals surface area (Å²) in [6, 6.07) is 8.30. The summed E-state index contributed by atoms with van der Waals surface area (Å²) in [6.07, 6.45) is 3.68. The molecule has 1 nitrogen and oxygen atoms in total. The van der Waals surface area contributed by atoms with E-state index in [0.717, 1.165) is 36.4 Å². The fraction of sp³-hybridized carbons (Fsp3) is 0.625. The van der Waals surface area contributed by atoms with Gasteiger partial charge in [0.2, 0.25) is 0 Å². The molecule has 0 saturated heterocycles. The van der Waals surface area contributed by atoms with Crippen LogP contribution in [0.5, 0.6) is 0 Å². The molecule has 0 spiro atoms. The molecule has 0 saturated carbocycles. The normalized spacial score (nSPS) is 12.9. The Bertz CT molecular complexity index is 316. The summed E-state index contributed by atoms with van der Waals surface area (Å²) >= 11 is 5.94. The lowest BCUT2D eigenvalue weighted by molar-refractivity contribution is 0.300. The van der Waals surface area contributed by atoms with Gasteiger partial charge < -0.3 is 5.32 Å². The Hall–Kier alpha value is -0.530. The lowest BCUT2D eigenvalue weighted by Crippen LogP contribution is -2.29. The van der Waals surface area contributed by atoms with Crippen molar-refractivity contribution in [2.45, 2.75) is 40.0 Å². The van der Waals surface area contributed by atoms with Gasteiger partial charge in [-0.05, 0) is 49.0 Å². The number of nitrogens with one attached hydrogen (secondary N) is 1. The average Bonchev–Trinajstić information content (AvgIpc) is 2.39. The fourth-order valence-corrected chi connectivity index (χ4v) is 2.74. The molecule has 0 amide bonds. The van der Waals surface area contributed by atoms with Crippen LogP contribution < -0.4 is 5.32 Å². The largest absolute Gasteiger partial charge is 0.317 e. The molecule has 1 rings (SSSR count). The van der Waals surface area contributed by atoms with E-state index in [4.69, 9.17) is 11.6 Å². The van der Waals surface area contributed by atoms with E-state index < -0.39 is 0 Å². The SMILES string of the molecule is CCNCC(Cc1ccc(Cl)cc1)C(CC)CC. The first-order valence-corrected chi connectivity index (χ1v) is 7.54. The van der Waals surface area contributed by atoms with Gasteiger partial charge in [0.15, 0.2) is 0 Å². The van der Waals surface area contributed by atoms with Crippen molar-refractivity contribution in [1.29, 1.82) is 0 Å². The highest BCUT2D eigenvalue weighted by molar-refractivity contribution is 6.30. The third kappa shape index (κ3) is 4.99. The predicted octanol–water partition coefficient (Wildman–Crippen LogP) is 4.54. The van der Waals surface area contributed by atoms with Crippen LogP contribution >= 0.6 is 11.6 Å². The van der Waals surface area contributed by atoms with E-state index in [1.807, 2.05) is 12.1 Å². The van der Waals surface area contributed by atoms with Gasteiger partial charge in [-0.25, -0.2) is 0 Å². The van der Waals surface area contributed by atoms with Gasteiger partial charge in [0.05, 0.1) is 0 Å². The van der Waals surface area contributed by atoms with Crippen molar-refractivity contribution in [3.8, 4) is 0 Å². The van der Waals surface area contributed by atoms with E-state index in [2.05, 4.69) is 38.2 Å². The molecule has 102 valence electrons. The summed E-state index contributed by atoms with van der Waals surface area (Å²) in [7, 11) is 0. The zero-order valence-electron chi connectivity index (χ0n) is 11.9. The number of halogens is 1. The first-order valence-electron chi connectivity index (χ1n) is 7.16. The Labute approximate surface area is 117 Å². The smallest absolute Gasteiger partial charge is 0.0406 e. The predicted molar refractivity (Wildman–Crippen MR) is 81.3 cm³/mol. The minimum absolute atomic E-state index is 0.723. The minimum Gasteiger partial charge on any atom is -0.317 e. The van der Waals surface area contributed by atoms with Crippen LogP contribution in [0.3, 0.4) is 0 Å². The molecule has 1 N–H and O–H groups in total. The molecule has 0 aliphatic carbocycles. The van der Waals surface area contributed by atoms with Crippen LogP contribution in [0.2, 0.25) is 5.02 Å². The van der Waals surface area contributed by atoms with Crippen LogP contribution in [0, 0.1) is 11.8 Å². The topological polar surface area (TPSA) is 12.0 Å². The highest BCUT2D eigenvalue weighted by Gasteiger charge is 2.18. The van der Waals surface area contributed by atoms with Gasteiger partial charge in [0, 0.05) is 5.02 Å². The zero-order chi connectivity index (χ0) is 13.4. The van der Waals surface area contributed by atoms with Crippen molar-refractivity contribution >= 4 is 11.6 Å². The molecule has 0 radical (unpaired) electrons. The number of rotatable bonds is 8. The van der Waals surface area contributed by atoms with Crippen molar-refractivity contribution in [1.82, 2.24) is 5.32 Å². The molecular formula is C16H26ClN. The van der Waals surface area contributed by atoms with Crippen LogP contribution in [0.15, 0.2) is 24.3 Å². The second-order valence-electron chi connectivity index (χ2n) is 4.97. The highest BCUT2D eigenvalue weighted by Crippen LogP contribution is 2.24. The summed E-state index contributed by atoms with van der Waals surface area (Å²) in [5.74, 6) is 1.53. The maximum atomic E-state index is 5.94. The summed E-state index contributed by atoms with van der Waals surface area (Å²) in [5, 5.41) is 4.33. The van der Waals surface area contributed by atoms with Gasteiger partial charge in [-0.3, -0.25) is 0 Å². The maximum Gasteiger partial charge on any atom is 0.0406 e. The van der Waals surface area contributed by atoms with E-state index in [9.17, 15) is 0 Å². The third-order valence-electron chi connectivity index (χ3n) is 3.78. The van der Waals surface area contributed by atoms with Crippen LogP contribution in [-0.4, -0.2) is 13.1 Å². The van der Waals surface area contributed by atoms with Crippen molar-refractivity contribution in [3.63, 3.8) is 0 Å². The molecule has 1 atom stereocenters. The molecule has 1 aromatic rings. The lowest BCUT2D eigenvalue weighted by atomic mass is 9.83. The molecule has 0 heterocycles. The lowest BCUT2D eigenvalue weighted by Gasteiger charge is -2.25. The molecule has 0 bridgehead atoms.